The second kappa shape index (κ2) is 9.26. The fraction of sp³-hybridized carbons (Fsp3) is 0.938. The van der Waals surface area contributed by atoms with Crippen molar-refractivity contribution in [3.63, 3.8) is 0 Å². The Morgan fingerprint density at radius 2 is 2.00 bits per heavy atom. The number of nitrogens with zero attached hydrogens (tertiary/aromatic N) is 3. The number of aliphatic imine (C=N–C) groups is 1. The van der Waals surface area contributed by atoms with Crippen LogP contribution in [0.5, 0.6) is 0 Å². The van der Waals surface area contributed by atoms with E-state index in [9.17, 15) is 0 Å². The highest BCUT2D eigenvalue weighted by atomic mass is 16.5. The van der Waals surface area contributed by atoms with E-state index < -0.39 is 0 Å². The van der Waals surface area contributed by atoms with Crippen molar-refractivity contribution < 1.29 is 4.74 Å². The van der Waals surface area contributed by atoms with Gasteiger partial charge in [0.05, 0.1) is 13.2 Å². The molecule has 0 amide bonds. The first-order chi connectivity index (χ1) is 10.3. The van der Waals surface area contributed by atoms with E-state index in [0.29, 0.717) is 6.04 Å². The van der Waals surface area contributed by atoms with E-state index in [1.54, 1.807) is 0 Å². The van der Waals surface area contributed by atoms with Crippen molar-refractivity contribution in [2.45, 2.75) is 45.1 Å². The number of ether oxygens (including phenoxy) is 1. The van der Waals surface area contributed by atoms with Gasteiger partial charge < -0.3 is 15.0 Å². The van der Waals surface area contributed by atoms with Crippen LogP contribution in [-0.2, 0) is 4.74 Å². The lowest BCUT2D eigenvalue weighted by Crippen LogP contribution is -2.46. The summed E-state index contributed by atoms with van der Waals surface area (Å²) in [6.45, 7) is 9.48. The second-order valence-corrected chi connectivity index (χ2v) is 6.07. The van der Waals surface area contributed by atoms with Crippen molar-refractivity contribution in [1.82, 2.24) is 15.1 Å². The average Bonchev–Trinajstić information content (AvgIpc) is 3.01. The van der Waals surface area contributed by atoms with Gasteiger partial charge in [0.1, 0.15) is 0 Å². The van der Waals surface area contributed by atoms with E-state index >= 15 is 0 Å². The third kappa shape index (κ3) is 5.15. The third-order valence-corrected chi connectivity index (χ3v) is 4.55. The number of nitrogens with one attached hydrogen (secondary N) is 1. The number of rotatable bonds is 6. The Kier molecular flexibility index (Phi) is 7.30. The van der Waals surface area contributed by atoms with Gasteiger partial charge in [0.2, 0.25) is 0 Å². The van der Waals surface area contributed by atoms with Gasteiger partial charge in [0.15, 0.2) is 5.96 Å². The number of unbranched alkanes of at least 4 members (excludes halogenated alkanes) is 3. The van der Waals surface area contributed by atoms with Crippen LogP contribution < -0.4 is 5.32 Å². The predicted molar refractivity (Wildman–Crippen MR) is 87.9 cm³/mol. The Labute approximate surface area is 129 Å². The first-order valence-electron chi connectivity index (χ1n) is 8.62. The van der Waals surface area contributed by atoms with E-state index in [1.165, 1.54) is 32.1 Å². The molecular weight excluding hydrogens is 264 g/mol. The quantitative estimate of drug-likeness (QED) is 0.459. The van der Waals surface area contributed by atoms with Crippen LogP contribution in [0.25, 0.3) is 0 Å². The van der Waals surface area contributed by atoms with Gasteiger partial charge in [-0.3, -0.25) is 9.89 Å². The lowest BCUT2D eigenvalue weighted by atomic mass is 10.2. The van der Waals surface area contributed by atoms with Crippen molar-refractivity contribution in [2.75, 3.05) is 53.0 Å². The second-order valence-electron chi connectivity index (χ2n) is 6.07. The molecule has 0 aromatic heterocycles. The molecule has 0 radical (unpaired) electrons. The van der Waals surface area contributed by atoms with Gasteiger partial charge >= 0.3 is 0 Å². The molecule has 2 saturated heterocycles. The summed E-state index contributed by atoms with van der Waals surface area (Å²) >= 11 is 0. The molecule has 5 nitrogen and oxygen atoms in total. The summed E-state index contributed by atoms with van der Waals surface area (Å²) in [5, 5.41) is 3.53. The zero-order valence-electron chi connectivity index (χ0n) is 13.8. The van der Waals surface area contributed by atoms with Crippen LogP contribution in [0.15, 0.2) is 4.99 Å². The predicted octanol–water partition coefficient (Wildman–Crippen LogP) is 1.55. The van der Waals surface area contributed by atoms with E-state index in [0.717, 1.165) is 51.9 Å². The van der Waals surface area contributed by atoms with Gasteiger partial charge in [0, 0.05) is 45.8 Å². The zero-order chi connectivity index (χ0) is 14.9. The molecule has 2 heterocycles. The number of hydrogen-bond acceptors (Lipinski definition) is 3. The minimum Gasteiger partial charge on any atom is -0.379 e. The van der Waals surface area contributed by atoms with E-state index in [-0.39, 0.29) is 0 Å². The molecule has 0 spiro atoms. The van der Waals surface area contributed by atoms with Crippen LogP contribution >= 0.6 is 0 Å². The minimum absolute atomic E-state index is 0.674. The maximum atomic E-state index is 5.45. The summed E-state index contributed by atoms with van der Waals surface area (Å²) in [5.41, 5.74) is 0. The number of likely N-dealkylation sites (tertiary alicyclic amines) is 1. The third-order valence-electron chi connectivity index (χ3n) is 4.55. The van der Waals surface area contributed by atoms with Crippen molar-refractivity contribution in [3.8, 4) is 0 Å². The first-order valence-corrected chi connectivity index (χ1v) is 8.62. The molecular formula is C16H32N4O. The molecule has 0 aliphatic carbocycles. The summed E-state index contributed by atoms with van der Waals surface area (Å²) in [6.07, 6.45) is 6.44. The summed E-state index contributed by atoms with van der Waals surface area (Å²) < 4.78 is 5.45. The molecule has 5 heteroatoms. The lowest BCUT2D eigenvalue weighted by Gasteiger charge is -2.32. The molecule has 122 valence electrons. The topological polar surface area (TPSA) is 40.1 Å². The summed E-state index contributed by atoms with van der Waals surface area (Å²) in [7, 11) is 1.90. The van der Waals surface area contributed by atoms with Crippen LogP contribution in [0, 0.1) is 0 Å². The Hall–Kier alpha value is -0.810. The molecule has 1 atom stereocenters. The lowest BCUT2D eigenvalue weighted by molar-refractivity contribution is 0.0195. The number of morpholine rings is 1. The van der Waals surface area contributed by atoms with Gasteiger partial charge in [-0.05, 0) is 12.8 Å². The monoisotopic (exact) mass is 296 g/mol. The molecule has 0 aromatic carbocycles. The Morgan fingerprint density at radius 1 is 1.19 bits per heavy atom. The average molecular weight is 296 g/mol. The number of hydrogen-bond donors (Lipinski definition) is 1. The highest BCUT2D eigenvalue weighted by Crippen LogP contribution is 2.17. The molecule has 21 heavy (non-hydrogen) atoms. The molecule has 0 saturated carbocycles. The van der Waals surface area contributed by atoms with Crippen LogP contribution in [0.1, 0.15) is 39.0 Å². The van der Waals surface area contributed by atoms with E-state index in [1.807, 2.05) is 7.05 Å². The van der Waals surface area contributed by atoms with Crippen LogP contribution in [-0.4, -0.2) is 74.8 Å². The van der Waals surface area contributed by atoms with Crippen LogP contribution in [0.4, 0.5) is 0 Å². The van der Waals surface area contributed by atoms with Crippen molar-refractivity contribution in [1.29, 1.82) is 0 Å². The highest BCUT2D eigenvalue weighted by molar-refractivity contribution is 5.80. The SMILES string of the molecule is CCCCCCNC(=NC)N1CCC(N2CCOCC2)C1. The molecule has 0 bridgehead atoms. The van der Waals surface area contributed by atoms with Gasteiger partial charge in [-0.1, -0.05) is 26.2 Å². The largest absolute Gasteiger partial charge is 0.379 e. The first kappa shape index (κ1) is 16.6. The van der Waals surface area contributed by atoms with Gasteiger partial charge in [-0.25, -0.2) is 0 Å². The van der Waals surface area contributed by atoms with Gasteiger partial charge in [-0.15, -0.1) is 0 Å². The highest BCUT2D eigenvalue weighted by Gasteiger charge is 2.29. The summed E-state index contributed by atoms with van der Waals surface area (Å²) in [6, 6.07) is 0.674. The van der Waals surface area contributed by atoms with Crippen molar-refractivity contribution in [3.05, 3.63) is 0 Å². The van der Waals surface area contributed by atoms with Crippen molar-refractivity contribution in [2.24, 2.45) is 4.99 Å². The molecule has 2 aliphatic rings. The molecule has 2 rings (SSSR count). The van der Waals surface area contributed by atoms with E-state index in [4.69, 9.17) is 4.74 Å². The fourth-order valence-electron chi connectivity index (χ4n) is 3.26. The van der Waals surface area contributed by atoms with Crippen molar-refractivity contribution >= 4 is 5.96 Å². The van der Waals surface area contributed by atoms with Crippen LogP contribution in [0.3, 0.4) is 0 Å². The normalized spacial score (nSPS) is 24.6. The maximum Gasteiger partial charge on any atom is 0.193 e. The molecule has 2 fully saturated rings. The van der Waals surface area contributed by atoms with Gasteiger partial charge in [-0.2, -0.15) is 0 Å². The molecule has 1 unspecified atom stereocenters. The zero-order valence-corrected chi connectivity index (χ0v) is 13.8. The molecule has 1 N–H and O–H groups in total. The maximum absolute atomic E-state index is 5.45. The summed E-state index contributed by atoms with van der Waals surface area (Å²) in [5.74, 6) is 1.09. The molecule has 2 aliphatic heterocycles. The summed E-state index contributed by atoms with van der Waals surface area (Å²) in [4.78, 5) is 9.45. The van der Waals surface area contributed by atoms with Crippen LogP contribution in [0.2, 0.25) is 0 Å². The Morgan fingerprint density at radius 3 is 2.71 bits per heavy atom. The smallest absolute Gasteiger partial charge is 0.193 e. The van der Waals surface area contributed by atoms with Gasteiger partial charge in [0.25, 0.3) is 0 Å². The fourth-order valence-corrected chi connectivity index (χ4v) is 3.26. The minimum atomic E-state index is 0.674. The molecule has 0 aromatic rings. The standard InChI is InChI=1S/C16H32N4O/c1-3-4-5-6-8-18-16(17-2)20-9-7-15(14-20)19-10-12-21-13-11-19/h15H,3-14H2,1-2H3,(H,17,18). The Balaban J connectivity index is 1.70. The van der Waals surface area contributed by atoms with E-state index in [2.05, 4.69) is 27.0 Å². The number of guanidine groups is 1. The Bertz CT molecular complexity index is 315.